The van der Waals surface area contributed by atoms with Crippen LogP contribution in [0.2, 0.25) is 0 Å². The van der Waals surface area contributed by atoms with Crippen molar-refractivity contribution in [1.82, 2.24) is 4.90 Å². The zero-order valence-electron chi connectivity index (χ0n) is 11.5. The number of morpholine rings is 1. The Bertz CT molecular complexity index is 244. The number of alkyl halides is 1. The van der Waals surface area contributed by atoms with Gasteiger partial charge in [-0.25, -0.2) is 0 Å². The van der Waals surface area contributed by atoms with Gasteiger partial charge in [-0.3, -0.25) is 9.29 Å². The van der Waals surface area contributed by atoms with Gasteiger partial charge in [0.2, 0.25) is 0 Å². The van der Waals surface area contributed by atoms with Crippen molar-refractivity contribution in [2.45, 2.75) is 50.7 Å². The van der Waals surface area contributed by atoms with Gasteiger partial charge in [0.25, 0.3) is 0 Å². The average molecular weight is 259 g/mol. The molecule has 2 atom stereocenters. The predicted octanol–water partition coefficient (Wildman–Crippen LogP) is 2.40. The molecule has 0 aromatic carbocycles. The van der Waals surface area contributed by atoms with E-state index in [4.69, 9.17) is 9.47 Å². The smallest absolute Gasteiger partial charge is 0.105 e. The molecule has 3 nitrogen and oxygen atoms in total. The van der Waals surface area contributed by atoms with Gasteiger partial charge in [0, 0.05) is 19.7 Å². The van der Waals surface area contributed by atoms with Gasteiger partial charge in [-0.1, -0.05) is 0 Å². The van der Waals surface area contributed by atoms with Gasteiger partial charge in [-0.05, 0) is 45.6 Å². The Morgan fingerprint density at radius 3 is 2.94 bits per heavy atom. The third kappa shape index (κ3) is 3.90. The Morgan fingerprint density at radius 1 is 1.33 bits per heavy atom. The second kappa shape index (κ2) is 6.83. The van der Waals surface area contributed by atoms with Crippen molar-refractivity contribution < 1.29 is 13.9 Å². The van der Waals surface area contributed by atoms with Gasteiger partial charge in [-0.15, -0.1) is 0 Å². The number of nitrogens with zero attached hydrogens (tertiary/aromatic N) is 1. The van der Waals surface area contributed by atoms with Crippen LogP contribution >= 0.6 is 0 Å². The van der Waals surface area contributed by atoms with Crippen LogP contribution in [0.3, 0.4) is 0 Å². The molecule has 2 saturated heterocycles. The normalized spacial score (nSPS) is 34.0. The van der Waals surface area contributed by atoms with Gasteiger partial charge in [0.15, 0.2) is 0 Å². The van der Waals surface area contributed by atoms with E-state index in [1.807, 2.05) is 0 Å². The maximum absolute atomic E-state index is 12.1. The van der Waals surface area contributed by atoms with Crippen molar-refractivity contribution in [3.05, 3.63) is 0 Å². The summed E-state index contributed by atoms with van der Waals surface area (Å²) in [5, 5.41) is 0. The maximum atomic E-state index is 12.1. The highest BCUT2D eigenvalue weighted by Crippen LogP contribution is 2.30. The molecule has 0 unspecified atom stereocenters. The molecule has 0 aromatic heterocycles. The number of halogens is 1. The van der Waals surface area contributed by atoms with E-state index in [2.05, 4.69) is 11.8 Å². The van der Waals surface area contributed by atoms with Gasteiger partial charge in [0.05, 0.1) is 19.4 Å². The Morgan fingerprint density at radius 2 is 2.22 bits per heavy atom. The fourth-order valence-electron chi connectivity index (χ4n) is 3.16. The van der Waals surface area contributed by atoms with Gasteiger partial charge < -0.3 is 9.47 Å². The van der Waals surface area contributed by atoms with Crippen LogP contribution in [0.25, 0.3) is 0 Å². The van der Waals surface area contributed by atoms with E-state index in [1.165, 1.54) is 0 Å². The number of rotatable bonds is 5. The fourth-order valence-corrected chi connectivity index (χ4v) is 3.16. The van der Waals surface area contributed by atoms with Crippen molar-refractivity contribution in [2.24, 2.45) is 0 Å². The zero-order valence-corrected chi connectivity index (χ0v) is 11.5. The lowest BCUT2D eigenvalue weighted by atomic mass is 9.93. The van der Waals surface area contributed by atoms with E-state index in [9.17, 15) is 4.39 Å². The second-order valence-corrected chi connectivity index (χ2v) is 5.75. The number of ether oxygens (including phenoxy) is 2. The molecule has 18 heavy (non-hydrogen) atoms. The SMILES string of the molecule is C[C@@H]1CN(CCCCCF)C[C@]2(CCCOC2)O1. The molecule has 4 heteroatoms. The van der Waals surface area contributed by atoms with E-state index in [1.54, 1.807) is 0 Å². The Balaban J connectivity index is 1.80. The Labute approximate surface area is 110 Å². The first-order valence-corrected chi connectivity index (χ1v) is 7.28. The van der Waals surface area contributed by atoms with Crippen LogP contribution in [-0.2, 0) is 9.47 Å². The van der Waals surface area contributed by atoms with Crippen LogP contribution in [0.5, 0.6) is 0 Å². The minimum absolute atomic E-state index is 0.0734. The van der Waals surface area contributed by atoms with Crippen LogP contribution in [0.1, 0.15) is 39.0 Å². The van der Waals surface area contributed by atoms with Crippen LogP contribution in [0, 0.1) is 0 Å². The van der Waals surface area contributed by atoms with E-state index in [0.717, 1.165) is 58.5 Å². The molecule has 0 saturated carbocycles. The lowest BCUT2D eigenvalue weighted by molar-refractivity contribution is -0.196. The lowest BCUT2D eigenvalue weighted by Gasteiger charge is -2.47. The molecular weight excluding hydrogens is 233 g/mol. The summed E-state index contributed by atoms with van der Waals surface area (Å²) >= 11 is 0. The standard InChI is InChI=1S/C14H26FNO2/c1-13-10-16(8-4-2-3-7-15)11-14(18-13)6-5-9-17-12-14/h13H,2-12H2,1H3/t13-,14+/m1/s1. The van der Waals surface area contributed by atoms with Crippen molar-refractivity contribution in [1.29, 1.82) is 0 Å². The maximum Gasteiger partial charge on any atom is 0.105 e. The van der Waals surface area contributed by atoms with E-state index in [0.29, 0.717) is 6.42 Å². The van der Waals surface area contributed by atoms with Gasteiger partial charge >= 0.3 is 0 Å². The van der Waals surface area contributed by atoms with Crippen LogP contribution in [0.15, 0.2) is 0 Å². The molecule has 0 amide bonds. The molecule has 2 rings (SSSR count). The summed E-state index contributed by atoms with van der Waals surface area (Å²) < 4.78 is 23.8. The minimum atomic E-state index is -0.183. The van der Waals surface area contributed by atoms with Gasteiger partial charge in [-0.2, -0.15) is 0 Å². The van der Waals surface area contributed by atoms with Crippen LogP contribution in [-0.4, -0.2) is 56.1 Å². The monoisotopic (exact) mass is 259 g/mol. The number of hydrogen-bond acceptors (Lipinski definition) is 3. The highest BCUT2D eigenvalue weighted by atomic mass is 19.1. The first-order valence-electron chi connectivity index (χ1n) is 7.28. The first kappa shape index (κ1) is 14.2. The summed E-state index contributed by atoms with van der Waals surface area (Å²) in [6.45, 7) is 6.61. The number of unbranched alkanes of at least 4 members (excludes halogenated alkanes) is 2. The van der Waals surface area contributed by atoms with Crippen molar-refractivity contribution >= 4 is 0 Å². The summed E-state index contributed by atoms with van der Waals surface area (Å²) in [5.74, 6) is 0. The summed E-state index contributed by atoms with van der Waals surface area (Å²) in [6, 6.07) is 0. The third-order valence-electron chi connectivity index (χ3n) is 3.87. The molecule has 0 N–H and O–H groups in total. The molecular formula is C14H26FNO2. The number of hydrogen-bond donors (Lipinski definition) is 0. The summed E-state index contributed by atoms with van der Waals surface area (Å²) in [5.41, 5.74) is -0.0734. The summed E-state index contributed by atoms with van der Waals surface area (Å²) in [7, 11) is 0. The molecule has 2 aliphatic rings. The second-order valence-electron chi connectivity index (χ2n) is 5.75. The Hall–Kier alpha value is -0.190. The van der Waals surface area contributed by atoms with Crippen molar-refractivity contribution in [3.63, 3.8) is 0 Å². The molecule has 2 heterocycles. The summed E-state index contributed by atoms with van der Waals surface area (Å²) in [4.78, 5) is 2.47. The lowest BCUT2D eigenvalue weighted by Crippen LogP contribution is -2.58. The molecule has 2 aliphatic heterocycles. The van der Waals surface area contributed by atoms with Crippen LogP contribution < -0.4 is 0 Å². The molecule has 0 radical (unpaired) electrons. The largest absolute Gasteiger partial charge is 0.378 e. The van der Waals surface area contributed by atoms with E-state index >= 15 is 0 Å². The predicted molar refractivity (Wildman–Crippen MR) is 69.6 cm³/mol. The van der Waals surface area contributed by atoms with Gasteiger partial charge in [0.1, 0.15) is 5.60 Å². The molecule has 0 aromatic rings. The van der Waals surface area contributed by atoms with E-state index < -0.39 is 0 Å². The topological polar surface area (TPSA) is 21.7 Å². The van der Waals surface area contributed by atoms with E-state index in [-0.39, 0.29) is 18.4 Å². The van der Waals surface area contributed by atoms with Crippen molar-refractivity contribution in [2.75, 3.05) is 39.5 Å². The average Bonchev–Trinajstić information content (AvgIpc) is 2.35. The highest BCUT2D eigenvalue weighted by molar-refractivity contribution is 4.91. The zero-order chi connectivity index (χ0) is 12.8. The molecule has 106 valence electrons. The molecule has 0 aliphatic carbocycles. The first-order chi connectivity index (χ1) is 8.74. The fraction of sp³-hybridized carbons (Fsp3) is 1.00. The Kier molecular flexibility index (Phi) is 5.39. The highest BCUT2D eigenvalue weighted by Gasteiger charge is 2.40. The van der Waals surface area contributed by atoms with Crippen LogP contribution in [0.4, 0.5) is 4.39 Å². The molecule has 2 fully saturated rings. The summed E-state index contributed by atoms with van der Waals surface area (Å²) in [6.07, 6.45) is 5.27. The minimum Gasteiger partial charge on any atom is -0.378 e. The van der Waals surface area contributed by atoms with Crippen molar-refractivity contribution in [3.8, 4) is 0 Å². The molecule has 1 spiro atoms. The quantitative estimate of drug-likeness (QED) is 0.708. The molecule has 0 bridgehead atoms. The third-order valence-corrected chi connectivity index (χ3v) is 3.87.